The first-order chi connectivity index (χ1) is 14.0. The van der Waals surface area contributed by atoms with Crippen LogP contribution in [0.3, 0.4) is 0 Å². The lowest BCUT2D eigenvalue weighted by molar-refractivity contribution is -0.121. The fourth-order valence-electron chi connectivity index (χ4n) is 3.07. The van der Waals surface area contributed by atoms with E-state index in [4.69, 9.17) is 4.74 Å². The van der Waals surface area contributed by atoms with E-state index in [9.17, 15) is 9.59 Å². The van der Waals surface area contributed by atoms with Crippen molar-refractivity contribution in [2.24, 2.45) is 11.8 Å². The molecule has 0 saturated carbocycles. The lowest BCUT2D eigenvalue weighted by Gasteiger charge is -2.32. The number of hydrogen-bond donors (Lipinski definition) is 2. The average molecular weight is 397 g/mol. The number of nitrogens with one attached hydrogen (secondary N) is 2. The SMILES string of the molecule is CC(C)CNC(=O)N1CCC[C@H](C(=O)Nc2ccc(Oc3ncccn3)cc2)C1. The predicted octanol–water partition coefficient (Wildman–Crippen LogP) is 3.29. The average Bonchev–Trinajstić information content (AvgIpc) is 2.74. The molecule has 3 amide bonds. The van der Waals surface area contributed by atoms with Crippen LogP contribution in [0.5, 0.6) is 11.8 Å². The summed E-state index contributed by atoms with van der Waals surface area (Å²) in [5.74, 6) is 0.678. The molecule has 2 N–H and O–H groups in total. The summed E-state index contributed by atoms with van der Waals surface area (Å²) in [5.41, 5.74) is 0.678. The number of piperidine rings is 1. The number of carbonyl (C=O) groups excluding carboxylic acids is 2. The van der Waals surface area contributed by atoms with Crippen LogP contribution in [-0.2, 0) is 4.79 Å². The summed E-state index contributed by atoms with van der Waals surface area (Å²) in [6.45, 7) is 5.85. The van der Waals surface area contributed by atoms with Crippen molar-refractivity contribution in [3.8, 4) is 11.8 Å². The van der Waals surface area contributed by atoms with Crippen LogP contribution in [0.1, 0.15) is 26.7 Å². The van der Waals surface area contributed by atoms with E-state index in [-0.39, 0.29) is 23.9 Å². The molecule has 1 saturated heterocycles. The Bertz CT molecular complexity index is 811. The summed E-state index contributed by atoms with van der Waals surface area (Å²) in [6, 6.07) is 8.92. The topological polar surface area (TPSA) is 96.5 Å². The van der Waals surface area contributed by atoms with Gasteiger partial charge in [0, 0.05) is 37.7 Å². The van der Waals surface area contributed by atoms with Crippen molar-refractivity contribution in [3.05, 3.63) is 42.7 Å². The molecule has 0 aliphatic carbocycles. The van der Waals surface area contributed by atoms with Gasteiger partial charge in [-0.05, 0) is 49.1 Å². The molecule has 8 nitrogen and oxygen atoms in total. The number of urea groups is 1. The molecular weight excluding hydrogens is 370 g/mol. The van der Waals surface area contributed by atoms with Crippen molar-refractivity contribution in [1.82, 2.24) is 20.2 Å². The van der Waals surface area contributed by atoms with Crippen LogP contribution in [0.2, 0.25) is 0 Å². The van der Waals surface area contributed by atoms with Crippen LogP contribution >= 0.6 is 0 Å². The summed E-state index contributed by atoms with van der Waals surface area (Å²) in [4.78, 5) is 34.7. The van der Waals surface area contributed by atoms with Gasteiger partial charge in [-0.1, -0.05) is 13.8 Å². The van der Waals surface area contributed by atoms with Crippen molar-refractivity contribution >= 4 is 17.6 Å². The number of benzene rings is 1. The minimum atomic E-state index is -0.220. The van der Waals surface area contributed by atoms with E-state index in [0.29, 0.717) is 37.0 Å². The van der Waals surface area contributed by atoms with Gasteiger partial charge in [0.2, 0.25) is 5.91 Å². The Morgan fingerprint density at radius 2 is 1.93 bits per heavy atom. The standard InChI is InChI=1S/C21H27N5O3/c1-15(2)13-24-21(28)26-12-3-5-16(14-26)19(27)25-17-6-8-18(9-7-17)29-20-22-10-4-11-23-20/h4,6-11,15-16H,3,5,12-14H2,1-2H3,(H,24,28)(H,25,27)/t16-/m0/s1. The number of aromatic nitrogens is 2. The number of nitrogens with zero attached hydrogens (tertiary/aromatic N) is 3. The van der Waals surface area contributed by atoms with Gasteiger partial charge in [-0.3, -0.25) is 4.79 Å². The highest BCUT2D eigenvalue weighted by atomic mass is 16.5. The second kappa shape index (κ2) is 9.86. The Labute approximate surface area is 170 Å². The third-order valence-electron chi connectivity index (χ3n) is 4.61. The third-order valence-corrected chi connectivity index (χ3v) is 4.61. The maximum absolute atomic E-state index is 12.7. The van der Waals surface area contributed by atoms with Gasteiger partial charge in [0.15, 0.2) is 0 Å². The van der Waals surface area contributed by atoms with Crippen LogP contribution < -0.4 is 15.4 Å². The van der Waals surface area contributed by atoms with E-state index in [0.717, 1.165) is 12.8 Å². The number of hydrogen-bond acceptors (Lipinski definition) is 5. The highest BCUT2D eigenvalue weighted by molar-refractivity contribution is 5.93. The van der Waals surface area contributed by atoms with Gasteiger partial charge in [-0.25, -0.2) is 14.8 Å². The van der Waals surface area contributed by atoms with Crippen LogP contribution in [0, 0.1) is 11.8 Å². The Morgan fingerprint density at radius 1 is 1.21 bits per heavy atom. The van der Waals surface area contributed by atoms with E-state index in [1.54, 1.807) is 47.6 Å². The lowest BCUT2D eigenvalue weighted by atomic mass is 9.97. The van der Waals surface area contributed by atoms with Crippen molar-refractivity contribution in [1.29, 1.82) is 0 Å². The van der Waals surface area contributed by atoms with Crippen LogP contribution in [-0.4, -0.2) is 46.4 Å². The van der Waals surface area contributed by atoms with Crippen molar-refractivity contribution in [3.63, 3.8) is 0 Å². The molecule has 0 bridgehead atoms. The molecule has 0 radical (unpaired) electrons. The smallest absolute Gasteiger partial charge is 0.321 e. The quantitative estimate of drug-likeness (QED) is 0.780. The molecule has 1 fully saturated rings. The molecule has 29 heavy (non-hydrogen) atoms. The number of carbonyl (C=O) groups is 2. The van der Waals surface area contributed by atoms with E-state index in [1.165, 1.54) is 0 Å². The van der Waals surface area contributed by atoms with Gasteiger partial charge < -0.3 is 20.3 Å². The van der Waals surface area contributed by atoms with Gasteiger partial charge in [0.05, 0.1) is 5.92 Å². The summed E-state index contributed by atoms with van der Waals surface area (Å²) in [5, 5.41) is 5.85. The summed E-state index contributed by atoms with van der Waals surface area (Å²) in [6.07, 6.45) is 4.80. The summed E-state index contributed by atoms with van der Waals surface area (Å²) in [7, 11) is 0. The third kappa shape index (κ3) is 6.17. The molecule has 1 aromatic heterocycles. The summed E-state index contributed by atoms with van der Waals surface area (Å²) < 4.78 is 5.55. The zero-order valence-electron chi connectivity index (χ0n) is 16.8. The van der Waals surface area contributed by atoms with Gasteiger partial charge in [-0.2, -0.15) is 0 Å². The zero-order valence-corrected chi connectivity index (χ0v) is 16.8. The van der Waals surface area contributed by atoms with E-state index in [1.807, 2.05) is 0 Å². The monoisotopic (exact) mass is 397 g/mol. The molecular formula is C21H27N5O3. The Kier molecular flexibility index (Phi) is 6.99. The largest absolute Gasteiger partial charge is 0.424 e. The first kappa shape index (κ1) is 20.6. The van der Waals surface area contributed by atoms with Crippen molar-refractivity contribution < 1.29 is 14.3 Å². The van der Waals surface area contributed by atoms with Gasteiger partial charge in [0.25, 0.3) is 0 Å². The Balaban J connectivity index is 1.52. The number of amides is 3. The van der Waals surface area contributed by atoms with Crippen LogP contribution in [0.4, 0.5) is 10.5 Å². The molecule has 1 aromatic carbocycles. The molecule has 2 heterocycles. The van der Waals surface area contributed by atoms with Crippen molar-refractivity contribution in [2.45, 2.75) is 26.7 Å². The lowest BCUT2D eigenvalue weighted by Crippen LogP contribution is -2.48. The first-order valence-corrected chi connectivity index (χ1v) is 9.90. The molecule has 3 rings (SSSR count). The van der Waals surface area contributed by atoms with Gasteiger partial charge in [0.1, 0.15) is 5.75 Å². The van der Waals surface area contributed by atoms with E-state index in [2.05, 4.69) is 34.4 Å². The predicted molar refractivity (Wildman–Crippen MR) is 110 cm³/mol. The Morgan fingerprint density at radius 3 is 2.62 bits per heavy atom. The van der Waals surface area contributed by atoms with Crippen LogP contribution in [0.15, 0.2) is 42.7 Å². The molecule has 1 atom stereocenters. The Hall–Kier alpha value is -3.16. The zero-order chi connectivity index (χ0) is 20.6. The van der Waals surface area contributed by atoms with Gasteiger partial charge >= 0.3 is 12.0 Å². The van der Waals surface area contributed by atoms with E-state index >= 15 is 0 Å². The minimum Gasteiger partial charge on any atom is -0.424 e. The molecule has 8 heteroatoms. The highest BCUT2D eigenvalue weighted by Crippen LogP contribution is 2.22. The number of rotatable bonds is 6. The number of likely N-dealkylation sites (tertiary alicyclic amines) is 1. The number of ether oxygens (including phenoxy) is 1. The first-order valence-electron chi connectivity index (χ1n) is 9.90. The molecule has 0 unspecified atom stereocenters. The van der Waals surface area contributed by atoms with Crippen molar-refractivity contribution in [2.75, 3.05) is 25.0 Å². The maximum atomic E-state index is 12.7. The molecule has 1 aliphatic rings. The maximum Gasteiger partial charge on any atom is 0.321 e. The fourth-order valence-corrected chi connectivity index (χ4v) is 3.07. The highest BCUT2D eigenvalue weighted by Gasteiger charge is 2.28. The van der Waals surface area contributed by atoms with Crippen LogP contribution in [0.25, 0.3) is 0 Å². The molecule has 2 aromatic rings. The minimum absolute atomic E-state index is 0.0774. The normalized spacial score (nSPS) is 16.4. The van der Waals surface area contributed by atoms with E-state index < -0.39 is 0 Å². The molecule has 1 aliphatic heterocycles. The second-order valence-corrected chi connectivity index (χ2v) is 7.51. The number of anilines is 1. The fraction of sp³-hybridized carbons (Fsp3) is 0.429. The summed E-state index contributed by atoms with van der Waals surface area (Å²) >= 11 is 0. The second-order valence-electron chi connectivity index (χ2n) is 7.51. The van der Waals surface area contributed by atoms with Gasteiger partial charge in [-0.15, -0.1) is 0 Å². The molecule has 0 spiro atoms. The molecule has 154 valence electrons.